The molecule has 2 aromatic heterocycles. The van der Waals surface area contributed by atoms with Crippen molar-refractivity contribution in [3.63, 3.8) is 0 Å². The van der Waals surface area contributed by atoms with E-state index in [2.05, 4.69) is 104 Å². The summed E-state index contributed by atoms with van der Waals surface area (Å²) in [7, 11) is 1.72. The Labute approximate surface area is 196 Å². The van der Waals surface area contributed by atoms with Gasteiger partial charge in [0.25, 0.3) is 0 Å². The lowest BCUT2D eigenvalue weighted by Crippen LogP contribution is -2.00. The van der Waals surface area contributed by atoms with Gasteiger partial charge in [0.1, 0.15) is 5.75 Å². The maximum Gasteiger partial charge on any atom is 0.118 e. The first-order valence-electron chi connectivity index (χ1n) is 11.9. The first kappa shape index (κ1) is 21.4. The molecular formula is C30H32N2O. The van der Waals surface area contributed by atoms with Crippen molar-refractivity contribution in [3.05, 3.63) is 89.2 Å². The Morgan fingerprint density at radius 1 is 0.697 bits per heavy atom. The fraction of sp³-hybridized carbons (Fsp3) is 0.267. The average Bonchev–Trinajstić information content (AvgIpc) is 3.29. The van der Waals surface area contributed by atoms with Crippen LogP contribution < -0.4 is 4.74 Å². The van der Waals surface area contributed by atoms with E-state index < -0.39 is 0 Å². The fourth-order valence-electron chi connectivity index (χ4n) is 5.55. The predicted octanol–water partition coefficient (Wildman–Crippen LogP) is 7.52. The van der Waals surface area contributed by atoms with Crippen molar-refractivity contribution >= 4 is 21.8 Å². The minimum atomic E-state index is 0.886. The number of para-hydroxylation sites is 1. The van der Waals surface area contributed by atoms with Crippen molar-refractivity contribution in [2.75, 3.05) is 7.11 Å². The minimum Gasteiger partial charge on any atom is -0.497 e. The maximum absolute atomic E-state index is 5.40. The van der Waals surface area contributed by atoms with Gasteiger partial charge >= 0.3 is 0 Å². The normalized spacial score (nSPS) is 11.5. The van der Waals surface area contributed by atoms with Crippen LogP contribution in [-0.4, -0.2) is 16.2 Å². The highest BCUT2D eigenvalue weighted by molar-refractivity contribution is 6.00. The molecule has 0 amide bonds. The summed E-state index contributed by atoms with van der Waals surface area (Å²) in [6.45, 7) is 11.0. The standard InChI is InChI=1S/C30H32N2O/c1-6-31-20(3)26(25-11-8-9-13-28(25)31)19-27-21(4)32(7-2)29-14-10-12-24(30(27)29)22-15-17-23(33-5)18-16-22/h8-18H,6-7,19H2,1-5H3. The molecular weight excluding hydrogens is 404 g/mol. The number of hydrogen-bond acceptors (Lipinski definition) is 1. The summed E-state index contributed by atoms with van der Waals surface area (Å²) in [4.78, 5) is 0. The summed E-state index contributed by atoms with van der Waals surface area (Å²) >= 11 is 0. The van der Waals surface area contributed by atoms with E-state index in [1.165, 1.54) is 55.4 Å². The monoisotopic (exact) mass is 436 g/mol. The Hall–Kier alpha value is -3.46. The second-order valence-electron chi connectivity index (χ2n) is 8.74. The molecule has 0 atom stereocenters. The molecule has 3 nitrogen and oxygen atoms in total. The van der Waals surface area contributed by atoms with E-state index in [9.17, 15) is 0 Å². The summed E-state index contributed by atoms with van der Waals surface area (Å²) in [6.07, 6.45) is 0.932. The first-order chi connectivity index (χ1) is 16.1. The molecule has 0 aliphatic heterocycles. The molecule has 0 spiro atoms. The summed E-state index contributed by atoms with van der Waals surface area (Å²) in [6, 6.07) is 24.0. The number of ether oxygens (including phenoxy) is 1. The van der Waals surface area contributed by atoms with Crippen LogP contribution in [0.5, 0.6) is 5.75 Å². The van der Waals surface area contributed by atoms with Crippen LogP contribution in [0, 0.1) is 13.8 Å². The Bertz CT molecular complexity index is 1450. The van der Waals surface area contributed by atoms with E-state index in [0.29, 0.717) is 0 Å². The molecule has 5 aromatic rings. The number of benzene rings is 3. The molecule has 3 heteroatoms. The molecule has 168 valence electrons. The third-order valence-corrected chi connectivity index (χ3v) is 7.23. The summed E-state index contributed by atoms with van der Waals surface area (Å²) in [5.74, 6) is 0.886. The highest BCUT2D eigenvalue weighted by atomic mass is 16.5. The number of fused-ring (bicyclic) bond motifs is 2. The Morgan fingerprint density at radius 2 is 1.33 bits per heavy atom. The molecule has 33 heavy (non-hydrogen) atoms. The SMILES string of the molecule is CCn1c(C)c(Cc2c(C)n(CC)c3cccc(-c4ccc(OC)cc4)c23)c2ccccc21. The zero-order valence-electron chi connectivity index (χ0n) is 20.3. The van der Waals surface area contributed by atoms with Crippen molar-refractivity contribution in [3.8, 4) is 16.9 Å². The molecule has 0 fully saturated rings. The smallest absolute Gasteiger partial charge is 0.118 e. The molecule has 0 saturated carbocycles. The van der Waals surface area contributed by atoms with E-state index in [1.807, 2.05) is 0 Å². The highest BCUT2D eigenvalue weighted by Crippen LogP contribution is 2.38. The van der Waals surface area contributed by atoms with Gasteiger partial charge in [-0.2, -0.15) is 0 Å². The van der Waals surface area contributed by atoms with Crippen molar-refractivity contribution in [2.24, 2.45) is 0 Å². The van der Waals surface area contributed by atoms with Crippen LogP contribution in [0.4, 0.5) is 0 Å². The van der Waals surface area contributed by atoms with Gasteiger partial charge in [-0.25, -0.2) is 0 Å². The fourth-order valence-corrected chi connectivity index (χ4v) is 5.55. The summed E-state index contributed by atoms with van der Waals surface area (Å²) < 4.78 is 10.3. The second-order valence-corrected chi connectivity index (χ2v) is 8.74. The maximum atomic E-state index is 5.40. The molecule has 0 unspecified atom stereocenters. The molecule has 0 saturated heterocycles. The topological polar surface area (TPSA) is 19.1 Å². The molecule has 0 N–H and O–H groups in total. The third kappa shape index (κ3) is 3.34. The number of aromatic nitrogens is 2. The number of nitrogens with zero attached hydrogens (tertiary/aromatic N) is 2. The minimum absolute atomic E-state index is 0.886. The number of methoxy groups -OCH3 is 1. The Balaban J connectivity index is 1.76. The number of rotatable bonds is 6. The van der Waals surface area contributed by atoms with Crippen molar-refractivity contribution in [2.45, 2.75) is 47.2 Å². The molecule has 3 aromatic carbocycles. The quantitative estimate of drug-likeness (QED) is 0.269. The van der Waals surface area contributed by atoms with Crippen LogP contribution in [0.3, 0.4) is 0 Å². The van der Waals surface area contributed by atoms with E-state index in [-0.39, 0.29) is 0 Å². The van der Waals surface area contributed by atoms with Crippen molar-refractivity contribution in [1.29, 1.82) is 0 Å². The largest absolute Gasteiger partial charge is 0.497 e. The van der Waals surface area contributed by atoms with Crippen LogP contribution in [0.25, 0.3) is 32.9 Å². The lowest BCUT2D eigenvalue weighted by molar-refractivity contribution is 0.415. The summed E-state index contributed by atoms with van der Waals surface area (Å²) in [5, 5.41) is 2.74. The van der Waals surface area contributed by atoms with Gasteiger partial charge in [0, 0.05) is 52.7 Å². The summed E-state index contributed by atoms with van der Waals surface area (Å²) in [5.41, 5.74) is 10.8. The lowest BCUT2D eigenvalue weighted by atomic mass is 9.94. The van der Waals surface area contributed by atoms with Crippen LogP contribution >= 0.6 is 0 Å². The van der Waals surface area contributed by atoms with Gasteiger partial charge in [0.15, 0.2) is 0 Å². The van der Waals surface area contributed by atoms with E-state index >= 15 is 0 Å². The van der Waals surface area contributed by atoms with Crippen LogP contribution in [0.15, 0.2) is 66.7 Å². The van der Waals surface area contributed by atoms with Gasteiger partial charge in [0.2, 0.25) is 0 Å². The Morgan fingerprint density at radius 3 is 2.03 bits per heavy atom. The zero-order valence-corrected chi connectivity index (χ0v) is 20.3. The second kappa shape index (κ2) is 8.47. The third-order valence-electron chi connectivity index (χ3n) is 7.23. The zero-order chi connectivity index (χ0) is 23.1. The highest BCUT2D eigenvalue weighted by Gasteiger charge is 2.21. The van der Waals surface area contributed by atoms with Gasteiger partial charge in [-0.15, -0.1) is 0 Å². The predicted molar refractivity (Wildman–Crippen MR) is 139 cm³/mol. The number of aryl methyl sites for hydroxylation is 2. The van der Waals surface area contributed by atoms with Crippen LogP contribution in [-0.2, 0) is 19.5 Å². The van der Waals surface area contributed by atoms with E-state index in [4.69, 9.17) is 4.74 Å². The van der Waals surface area contributed by atoms with Crippen LogP contribution in [0.2, 0.25) is 0 Å². The molecule has 0 aliphatic carbocycles. The van der Waals surface area contributed by atoms with Crippen molar-refractivity contribution in [1.82, 2.24) is 9.13 Å². The van der Waals surface area contributed by atoms with Crippen molar-refractivity contribution < 1.29 is 4.74 Å². The molecule has 2 heterocycles. The van der Waals surface area contributed by atoms with E-state index in [0.717, 1.165) is 25.3 Å². The molecule has 5 rings (SSSR count). The Kier molecular flexibility index (Phi) is 5.49. The van der Waals surface area contributed by atoms with Gasteiger partial charge in [-0.1, -0.05) is 42.5 Å². The number of hydrogen-bond donors (Lipinski definition) is 0. The molecule has 0 aliphatic rings. The van der Waals surface area contributed by atoms with Gasteiger partial charge in [-0.3, -0.25) is 0 Å². The van der Waals surface area contributed by atoms with Crippen LogP contribution in [0.1, 0.15) is 36.4 Å². The van der Waals surface area contributed by atoms with Gasteiger partial charge in [-0.05, 0) is 74.2 Å². The van der Waals surface area contributed by atoms with Gasteiger partial charge in [0.05, 0.1) is 7.11 Å². The molecule has 0 bridgehead atoms. The van der Waals surface area contributed by atoms with E-state index in [1.54, 1.807) is 7.11 Å². The first-order valence-corrected chi connectivity index (χ1v) is 11.9. The average molecular weight is 437 g/mol. The molecule has 0 radical (unpaired) electrons. The lowest BCUT2D eigenvalue weighted by Gasteiger charge is -2.10. The van der Waals surface area contributed by atoms with Gasteiger partial charge < -0.3 is 13.9 Å².